The first kappa shape index (κ1) is 4.78. The lowest BCUT2D eigenvalue weighted by atomic mass is 10.3. The summed E-state index contributed by atoms with van der Waals surface area (Å²) in [6.45, 7) is -6.45. The van der Waals surface area contributed by atoms with Gasteiger partial charge < -0.3 is 0 Å². The van der Waals surface area contributed by atoms with Gasteiger partial charge in [0.15, 0.2) is 11.2 Å². The third-order valence-electron chi connectivity index (χ3n) is 1.82. The van der Waals surface area contributed by atoms with E-state index < -0.39 is 46.5 Å². The average molecular weight is 215 g/mol. The van der Waals surface area contributed by atoms with Crippen LogP contribution in [-0.2, 0) is 0 Å². The second-order valence-corrected chi connectivity index (χ2v) is 2.92. The summed E-state index contributed by atoms with van der Waals surface area (Å²) in [6.07, 6.45) is 0. The van der Waals surface area contributed by atoms with Gasteiger partial charge in [0.25, 0.3) is 5.69 Å². The van der Waals surface area contributed by atoms with E-state index in [1.165, 1.54) is 0 Å². The van der Waals surface area contributed by atoms with Crippen molar-refractivity contribution in [3.8, 4) is 0 Å². The third-order valence-corrected chi connectivity index (χ3v) is 1.82. The molecule has 1 aromatic carbocycles. The van der Waals surface area contributed by atoms with E-state index in [4.69, 9.17) is 8.22 Å². The number of fused-ring (bicyclic) bond motifs is 1. The zero-order valence-corrected chi connectivity index (χ0v) is 7.19. The van der Waals surface area contributed by atoms with E-state index in [-0.39, 0.29) is 0 Å². The Morgan fingerprint density at radius 1 is 1.47 bits per heavy atom. The van der Waals surface area contributed by atoms with Gasteiger partial charge >= 0.3 is 0 Å². The Morgan fingerprint density at radius 3 is 2.73 bits per heavy atom. The van der Waals surface area contributed by atoms with Crippen LogP contribution < -0.4 is 10.7 Å². The minimum absolute atomic E-state index is 0.674. The van der Waals surface area contributed by atoms with Crippen LogP contribution in [0.2, 0.25) is 0 Å². The fraction of sp³-hybridized carbons (Fsp3) is 0.333. The minimum atomic E-state index is -3.22. The molecule has 1 aliphatic heterocycles. The molecule has 0 aromatic heterocycles. The Bertz CT molecular complexity index is 728. The van der Waals surface area contributed by atoms with Crippen LogP contribution in [0.5, 0.6) is 0 Å². The molecule has 0 spiro atoms. The summed E-state index contributed by atoms with van der Waals surface area (Å²) in [5.74, 6) is -1.07. The van der Waals surface area contributed by atoms with Crippen molar-refractivity contribution >= 4 is 5.69 Å². The molecule has 0 fully saturated rings. The smallest absolute Gasteiger partial charge is 0.258 e. The van der Waals surface area contributed by atoms with Gasteiger partial charge in [0.1, 0.15) is 11.0 Å². The molecule has 5 nitrogen and oxygen atoms in total. The first-order valence-electron chi connectivity index (χ1n) is 6.83. The van der Waals surface area contributed by atoms with E-state index in [2.05, 4.69) is 9.98 Å². The predicted molar refractivity (Wildman–Crippen MR) is 49.4 cm³/mol. The molecule has 0 N–H and O–H groups in total. The summed E-state index contributed by atoms with van der Waals surface area (Å²) >= 11 is 0. The fourth-order valence-corrected chi connectivity index (χ4v) is 1.26. The first-order valence-corrected chi connectivity index (χ1v) is 3.83. The molecule has 78 valence electrons. The van der Waals surface area contributed by atoms with Crippen LogP contribution in [0.25, 0.3) is 0 Å². The van der Waals surface area contributed by atoms with Crippen LogP contribution >= 0.6 is 0 Å². The van der Waals surface area contributed by atoms with Gasteiger partial charge in [-0.15, -0.1) is 0 Å². The number of nitrogens with zero attached hydrogens (tertiary/aromatic N) is 3. The summed E-state index contributed by atoms with van der Waals surface area (Å²) in [4.78, 5) is 16.8. The number of nitro groups is 1. The normalized spacial score (nSPS) is 24.1. The molecule has 1 aromatic rings. The summed E-state index contributed by atoms with van der Waals surface area (Å²) in [5, 5.41) is 9.48. The van der Waals surface area contributed by atoms with Crippen LogP contribution in [0.15, 0.2) is 22.1 Å². The van der Waals surface area contributed by atoms with Gasteiger partial charge in [0.05, 0.1) is 4.92 Å². The van der Waals surface area contributed by atoms with E-state index >= 15 is 0 Å². The highest BCUT2D eigenvalue weighted by molar-refractivity contribution is 5.30. The monoisotopic (exact) mass is 215 g/mol. The van der Waals surface area contributed by atoms with E-state index in [0.29, 0.717) is 6.07 Å². The van der Waals surface area contributed by atoms with Crippen molar-refractivity contribution < 1.29 is 17.5 Å². The molecule has 1 heterocycles. The van der Waals surface area contributed by atoms with Gasteiger partial charge in [0.2, 0.25) is 0 Å². The molecule has 0 aliphatic carbocycles. The molecule has 0 atom stereocenters. The number of hydrogen-bond donors (Lipinski definition) is 0. The van der Waals surface area contributed by atoms with Gasteiger partial charge in [-0.3, -0.25) is 15.1 Å². The van der Waals surface area contributed by atoms with Gasteiger partial charge in [-0.1, -0.05) is 0 Å². The molecule has 0 radical (unpaired) electrons. The number of benzene rings is 1. The van der Waals surface area contributed by atoms with E-state index in [1.807, 2.05) is 0 Å². The van der Waals surface area contributed by atoms with Crippen molar-refractivity contribution in [2.75, 3.05) is 0 Å². The Morgan fingerprint density at radius 2 is 2.13 bits per heavy atom. The lowest BCUT2D eigenvalue weighted by Crippen LogP contribution is -2.28. The summed E-state index contributed by atoms with van der Waals surface area (Å²) in [6, 6.07) is 1.49. The van der Waals surface area contributed by atoms with Gasteiger partial charge in [-0.25, -0.2) is 9.38 Å². The number of halogens is 1. The van der Waals surface area contributed by atoms with Crippen molar-refractivity contribution in [2.45, 2.75) is 19.4 Å². The molecule has 0 saturated carbocycles. The summed E-state index contributed by atoms with van der Waals surface area (Å²) in [5.41, 5.74) is -3.65. The third kappa shape index (κ3) is 1.47. The quantitative estimate of drug-likeness (QED) is 0.511. The van der Waals surface area contributed by atoms with Gasteiger partial charge in [0, 0.05) is 14.3 Å². The van der Waals surface area contributed by atoms with Crippen molar-refractivity contribution in [3.05, 3.63) is 38.8 Å². The molecule has 6 heteroatoms. The second kappa shape index (κ2) is 2.82. The Kier molecular flexibility index (Phi) is 0.898. The van der Waals surface area contributed by atoms with Crippen LogP contribution in [0.3, 0.4) is 0 Å². The standard InChI is InChI=1S/C9H8FN3O2/c1-9(2)11-7-5(10)3-4-6(13(14)15)8(7)12-9/h3-4H,1-2H3/i1D3,2D3. The molecular formula is C9H8FN3O2. The number of nitro benzene ring substituents is 1. The lowest BCUT2D eigenvalue weighted by molar-refractivity contribution is -0.386. The molecule has 0 unspecified atom stereocenters. The molecule has 2 rings (SSSR count). The zero-order valence-electron chi connectivity index (χ0n) is 13.2. The van der Waals surface area contributed by atoms with Crippen molar-refractivity contribution in [1.29, 1.82) is 0 Å². The topological polar surface area (TPSA) is 67.9 Å². The molecule has 15 heavy (non-hydrogen) atoms. The highest BCUT2D eigenvalue weighted by atomic mass is 19.1. The number of hydrogen-bond acceptors (Lipinski definition) is 4. The van der Waals surface area contributed by atoms with Crippen LogP contribution in [0.4, 0.5) is 10.1 Å². The SMILES string of the molecule is [2H]C([2H])([2H])C1(C([2H])([2H])[2H])N=c2c(F)ccc([N+](=O)[O-])c2=N1. The predicted octanol–water partition coefficient (Wildman–Crippen LogP) is 0.723. The lowest BCUT2D eigenvalue weighted by Gasteiger charge is -2.06. The minimum Gasteiger partial charge on any atom is -0.258 e. The first-order chi connectivity index (χ1) is 9.41. The Labute approximate surface area is 92.6 Å². The summed E-state index contributed by atoms with van der Waals surface area (Å²) < 4.78 is 57.8. The van der Waals surface area contributed by atoms with Crippen LogP contribution in [-0.4, -0.2) is 10.6 Å². The van der Waals surface area contributed by atoms with E-state index in [9.17, 15) is 14.5 Å². The Balaban J connectivity index is 2.94. The molecule has 0 saturated heterocycles. The van der Waals surface area contributed by atoms with E-state index in [1.54, 1.807) is 0 Å². The maximum Gasteiger partial charge on any atom is 0.296 e. The maximum absolute atomic E-state index is 13.7. The van der Waals surface area contributed by atoms with E-state index in [0.717, 1.165) is 6.07 Å². The number of rotatable bonds is 1. The van der Waals surface area contributed by atoms with Crippen molar-refractivity contribution in [2.24, 2.45) is 9.98 Å². The second-order valence-electron chi connectivity index (χ2n) is 2.92. The van der Waals surface area contributed by atoms with Crippen LogP contribution in [0, 0.1) is 15.9 Å². The highest BCUT2D eigenvalue weighted by Crippen LogP contribution is 2.14. The maximum atomic E-state index is 13.7. The summed E-state index contributed by atoms with van der Waals surface area (Å²) in [7, 11) is 0. The Hall–Kier alpha value is -1.85. The van der Waals surface area contributed by atoms with Crippen molar-refractivity contribution in [3.63, 3.8) is 0 Å². The largest absolute Gasteiger partial charge is 0.296 e. The molecule has 0 bridgehead atoms. The number of non-ortho nitro benzene ring substituents is 1. The van der Waals surface area contributed by atoms with Gasteiger partial charge in [-0.2, -0.15) is 0 Å². The molecule has 0 amide bonds. The van der Waals surface area contributed by atoms with Gasteiger partial charge in [-0.05, 0) is 19.8 Å². The average Bonchev–Trinajstić information content (AvgIpc) is 2.69. The zero-order chi connectivity index (χ0) is 16.2. The fourth-order valence-electron chi connectivity index (χ4n) is 1.26. The van der Waals surface area contributed by atoms with Crippen molar-refractivity contribution in [1.82, 2.24) is 0 Å². The molecule has 1 aliphatic rings. The highest BCUT2D eigenvalue weighted by Gasteiger charge is 2.25. The molecular weight excluding hydrogens is 201 g/mol. The van der Waals surface area contributed by atoms with Crippen LogP contribution in [0.1, 0.15) is 21.9 Å².